The SMILES string of the molecule is CC(C)(C)C1=CC[C]([Zr+2]([C]2=C(C(C)(C)C)c3cc4c(cc3C2(C)C)Cc2cc3c(cc2-4)C(C(C)(C)C)=CC3(C)C)=[C](Cc2ccccc2)Cc2ccccc2)=C1.[Cl-].[Cl-]. The molecule has 0 unspecified atom stereocenters. The van der Waals surface area contributed by atoms with Crippen molar-refractivity contribution in [3.05, 3.63) is 160 Å². The fourth-order valence-electron chi connectivity index (χ4n) is 10.4. The Balaban J connectivity index is 0.00000283. The van der Waals surface area contributed by atoms with Gasteiger partial charge in [-0.05, 0) is 0 Å². The van der Waals surface area contributed by atoms with E-state index in [4.69, 9.17) is 0 Å². The Morgan fingerprint density at radius 2 is 1.12 bits per heavy atom. The van der Waals surface area contributed by atoms with Crippen molar-refractivity contribution in [1.29, 1.82) is 0 Å². The maximum absolute atomic E-state index is 2.81. The molecule has 0 nitrogen and oxygen atoms in total. The number of hydrogen-bond donors (Lipinski definition) is 0. The summed E-state index contributed by atoms with van der Waals surface area (Å²) in [5.74, 6) is 0. The van der Waals surface area contributed by atoms with Gasteiger partial charge in [0, 0.05) is 0 Å². The molecule has 0 spiro atoms. The first-order valence-corrected chi connectivity index (χ1v) is 24.9. The van der Waals surface area contributed by atoms with Gasteiger partial charge in [0.05, 0.1) is 0 Å². The Labute approximate surface area is 371 Å². The zero-order valence-electron chi connectivity index (χ0n) is 37.4. The first-order valence-electron chi connectivity index (χ1n) is 21.2. The standard InChI is InChI=1S/C31H37.C15H14.C9H13.2ClH.Zr/c1-28(2,3)26-16-30(7,8)24-12-18-11-19-13-25-23(15-21(19)20(18)14-22(24)26)27(29(4,5)6)17-31(25,9)10;1-3-8-14(9-4-1)12-7-13-15-10-5-2-6-11-15;1-9(2,3)8-6-4-5-7-8;;;/h12-16H,11H2,1-10H3;1-6,8-11H,12-13H2;6-7H,4H2,1-3H3;2*1H;/q;;;;;+2/p-2. The zero-order chi connectivity index (χ0) is 40.2. The van der Waals surface area contributed by atoms with Crippen molar-refractivity contribution in [2.24, 2.45) is 16.2 Å². The number of hydrogen-bond acceptors (Lipinski definition) is 0. The van der Waals surface area contributed by atoms with E-state index in [0.717, 1.165) is 25.7 Å². The van der Waals surface area contributed by atoms with Crippen LogP contribution in [0.15, 0.2) is 115 Å². The quantitative estimate of drug-likeness (QED) is 0.161. The molecule has 0 aliphatic heterocycles. The monoisotopic (exact) mass is 884 g/mol. The van der Waals surface area contributed by atoms with E-state index < -0.39 is 21.3 Å². The van der Waals surface area contributed by atoms with Crippen molar-refractivity contribution in [3.8, 4) is 11.1 Å². The molecule has 0 aromatic heterocycles. The van der Waals surface area contributed by atoms with Crippen molar-refractivity contribution in [1.82, 2.24) is 0 Å². The van der Waals surface area contributed by atoms with Crippen LogP contribution in [0.5, 0.6) is 0 Å². The summed E-state index contributed by atoms with van der Waals surface area (Å²) >= 11 is -2.81. The molecule has 4 aliphatic rings. The Bertz CT molecular complexity index is 2380. The van der Waals surface area contributed by atoms with Crippen LogP contribution >= 0.6 is 0 Å². The third kappa shape index (κ3) is 7.92. The van der Waals surface area contributed by atoms with E-state index in [-0.39, 0.29) is 51.9 Å². The van der Waals surface area contributed by atoms with Gasteiger partial charge in [0.15, 0.2) is 0 Å². The fraction of sp³-hybridized carbons (Fsp3) is 0.400. The third-order valence-electron chi connectivity index (χ3n) is 13.2. The molecular formula is C55H64Cl2Zr. The summed E-state index contributed by atoms with van der Waals surface area (Å²) in [7, 11) is 0. The molecule has 0 N–H and O–H groups in total. The van der Waals surface area contributed by atoms with Crippen molar-refractivity contribution < 1.29 is 46.1 Å². The van der Waals surface area contributed by atoms with E-state index in [1.54, 1.807) is 17.6 Å². The molecule has 0 saturated heterocycles. The molecule has 302 valence electrons. The van der Waals surface area contributed by atoms with Crippen molar-refractivity contribution >= 4 is 14.4 Å². The average Bonchev–Trinajstić information content (AvgIpc) is 3.85. The maximum atomic E-state index is 2.69. The summed E-state index contributed by atoms with van der Waals surface area (Å²) < 4.78 is 5.38. The molecule has 0 radical (unpaired) electrons. The zero-order valence-corrected chi connectivity index (χ0v) is 41.4. The van der Waals surface area contributed by atoms with E-state index in [9.17, 15) is 0 Å². The Hall–Kier alpha value is -2.83. The Morgan fingerprint density at radius 3 is 1.60 bits per heavy atom. The number of rotatable bonds is 6. The van der Waals surface area contributed by atoms with Crippen molar-refractivity contribution in [2.75, 3.05) is 0 Å². The van der Waals surface area contributed by atoms with Gasteiger partial charge in [0.25, 0.3) is 0 Å². The van der Waals surface area contributed by atoms with Crippen LogP contribution in [0.25, 0.3) is 22.3 Å². The predicted octanol–water partition coefficient (Wildman–Crippen LogP) is 8.57. The van der Waals surface area contributed by atoms with Gasteiger partial charge in [0.2, 0.25) is 0 Å². The normalized spacial score (nSPS) is 17.1. The van der Waals surface area contributed by atoms with Crippen LogP contribution in [-0.4, -0.2) is 3.21 Å². The van der Waals surface area contributed by atoms with E-state index in [1.165, 1.54) is 61.2 Å². The first-order chi connectivity index (χ1) is 26.1. The molecular weight excluding hydrogens is 823 g/mol. The molecule has 3 heteroatoms. The molecule has 4 aliphatic carbocycles. The van der Waals surface area contributed by atoms with Gasteiger partial charge in [-0.3, -0.25) is 0 Å². The van der Waals surface area contributed by atoms with Crippen LogP contribution in [-0.2, 0) is 51.4 Å². The number of fused-ring (bicyclic) bond motifs is 5. The van der Waals surface area contributed by atoms with Crippen molar-refractivity contribution in [2.45, 2.75) is 127 Å². The van der Waals surface area contributed by atoms with Crippen LogP contribution in [0.4, 0.5) is 0 Å². The van der Waals surface area contributed by atoms with Crippen LogP contribution in [0, 0.1) is 16.2 Å². The second-order valence-electron chi connectivity index (χ2n) is 21.5. The first kappa shape index (κ1) is 44.7. The predicted molar refractivity (Wildman–Crippen MR) is 240 cm³/mol. The number of allylic oxidation sites excluding steroid dienone is 8. The van der Waals surface area contributed by atoms with Crippen LogP contribution in [0.1, 0.15) is 141 Å². The summed E-state index contributed by atoms with van der Waals surface area (Å²) in [4.78, 5) is 0. The molecule has 0 bridgehead atoms. The van der Waals surface area contributed by atoms with Crippen LogP contribution in [0.3, 0.4) is 0 Å². The largest absolute Gasteiger partial charge is 1.00 e. The third-order valence-corrected chi connectivity index (χ3v) is 21.6. The van der Waals surface area contributed by atoms with Gasteiger partial charge in [-0.2, -0.15) is 0 Å². The van der Waals surface area contributed by atoms with Crippen LogP contribution < -0.4 is 24.8 Å². The molecule has 8 rings (SSSR count). The summed E-state index contributed by atoms with van der Waals surface area (Å²) in [6, 6.07) is 33.2. The summed E-state index contributed by atoms with van der Waals surface area (Å²) in [5, 5.41) is 0. The second-order valence-corrected chi connectivity index (χ2v) is 27.9. The van der Waals surface area contributed by atoms with Crippen molar-refractivity contribution in [3.63, 3.8) is 0 Å². The fourth-order valence-corrected chi connectivity index (χ4v) is 20.3. The minimum Gasteiger partial charge on any atom is -1.00 e. The molecule has 4 aromatic rings. The smallest absolute Gasteiger partial charge is 1.00 e. The molecule has 0 amide bonds. The van der Waals surface area contributed by atoms with E-state index >= 15 is 0 Å². The number of benzene rings is 4. The minimum absolute atomic E-state index is 0. The summed E-state index contributed by atoms with van der Waals surface area (Å²) in [5.41, 5.74) is 19.8. The summed E-state index contributed by atoms with van der Waals surface area (Å²) in [6.07, 6.45) is 12.0. The molecule has 0 heterocycles. The van der Waals surface area contributed by atoms with E-state index in [1.807, 2.05) is 3.28 Å². The molecule has 0 saturated carbocycles. The van der Waals surface area contributed by atoms with Gasteiger partial charge in [-0.15, -0.1) is 0 Å². The average molecular weight is 887 g/mol. The van der Waals surface area contributed by atoms with E-state index in [0.29, 0.717) is 0 Å². The topological polar surface area (TPSA) is 0 Å². The van der Waals surface area contributed by atoms with Gasteiger partial charge >= 0.3 is 349 Å². The van der Waals surface area contributed by atoms with Crippen LogP contribution in [0.2, 0.25) is 0 Å². The maximum Gasteiger partial charge on any atom is -1.00 e. The molecule has 0 fully saturated rings. The Kier molecular flexibility index (Phi) is 12.0. The number of halogens is 2. The second kappa shape index (κ2) is 15.6. The molecule has 0 atom stereocenters. The minimum atomic E-state index is -2.81. The van der Waals surface area contributed by atoms with E-state index in [2.05, 4.69) is 193 Å². The van der Waals surface area contributed by atoms with Gasteiger partial charge in [-0.25, -0.2) is 0 Å². The summed E-state index contributed by atoms with van der Waals surface area (Å²) in [6.45, 7) is 31.8. The molecule has 58 heavy (non-hydrogen) atoms. The van der Waals surface area contributed by atoms with Gasteiger partial charge < -0.3 is 24.8 Å². The molecule has 4 aromatic carbocycles. The Morgan fingerprint density at radius 1 is 0.603 bits per heavy atom. The van der Waals surface area contributed by atoms with Gasteiger partial charge in [0.1, 0.15) is 0 Å². The van der Waals surface area contributed by atoms with Gasteiger partial charge in [-0.1, -0.05) is 0 Å².